The van der Waals surface area contributed by atoms with Crippen molar-refractivity contribution in [3.8, 4) is 0 Å². The van der Waals surface area contributed by atoms with E-state index >= 15 is 0 Å². The van der Waals surface area contributed by atoms with Gasteiger partial charge in [-0.2, -0.15) is 0 Å². The van der Waals surface area contributed by atoms with Gasteiger partial charge in [-0.25, -0.2) is 0 Å². The molecule has 2 N–H and O–H groups in total. The van der Waals surface area contributed by atoms with E-state index in [0.717, 1.165) is 10.2 Å². The van der Waals surface area contributed by atoms with Gasteiger partial charge >= 0.3 is 0 Å². The third-order valence-corrected chi connectivity index (χ3v) is 1.71. The second-order valence-electron chi connectivity index (χ2n) is 1.73. The summed E-state index contributed by atoms with van der Waals surface area (Å²) in [4.78, 5) is 4.05. The summed E-state index contributed by atoms with van der Waals surface area (Å²) in [6, 6.07) is 3.78. The third-order valence-electron chi connectivity index (χ3n) is 1.04. The normalized spacial score (nSPS) is 10.5. The molecule has 0 aliphatic rings. The van der Waals surface area contributed by atoms with Crippen molar-refractivity contribution < 1.29 is 0 Å². The highest BCUT2D eigenvalue weighted by atomic mass is 79.9. The van der Waals surface area contributed by atoms with Gasteiger partial charge in [0.2, 0.25) is 0 Å². The first-order valence-corrected chi connectivity index (χ1v) is 3.62. The fraction of sp³-hybridized carbons (Fsp3) is 0. The number of nitrogens with two attached hydrogens (primary N) is 1. The molecule has 0 spiro atoms. The predicted octanol–water partition coefficient (Wildman–Crippen LogP) is 1.77. The van der Waals surface area contributed by atoms with Crippen LogP contribution in [0.1, 0.15) is 5.69 Å². The molecule has 0 aliphatic carbocycles. The fourth-order valence-electron chi connectivity index (χ4n) is 0.612. The van der Waals surface area contributed by atoms with Gasteiger partial charge in [0.25, 0.3) is 0 Å². The maximum atomic E-state index is 5.19. The molecule has 0 amide bonds. The van der Waals surface area contributed by atoms with Crippen molar-refractivity contribution in [2.45, 2.75) is 0 Å². The molecular formula is C7H7BrN2. The van der Waals surface area contributed by atoms with Gasteiger partial charge in [-0.1, -0.05) is 0 Å². The summed E-state index contributed by atoms with van der Waals surface area (Å²) in [5.41, 5.74) is 6.04. The molecule has 2 nitrogen and oxygen atoms in total. The van der Waals surface area contributed by atoms with Crippen LogP contribution < -0.4 is 5.73 Å². The summed E-state index contributed by atoms with van der Waals surface area (Å²) < 4.78 is 0.955. The molecule has 1 aromatic heterocycles. The Kier molecular flexibility index (Phi) is 2.45. The highest BCUT2D eigenvalue weighted by molar-refractivity contribution is 9.10. The second-order valence-corrected chi connectivity index (χ2v) is 2.58. The number of hydrogen-bond donors (Lipinski definition) is 1. The Hall–Kier alpha value is -0.830. The van der Waals surface area contributed by atoms with Crippen LogP contribution in [0.5, 0.6) is 0 Å². The quantitative estimate of drug-likeness (QED) is 0.748. The zero-order valence-electron chi connectivity index (χ0n) is 5.29. The fourth-order valence-corrected chi connectivity index (χ4v) is 0.999. The lowest BCUT2D eigenvalue weighted by Gasteiger charge is -1.93. The Morgan fingerprint density at radius 1 is 1.60 bits per heavy atom. The van der Waals surface area contributed by atoms with Gasteiger partial charge in [0.15, 0.2) is 0 Å². The predicted molar refractivity (Wildman–Crippen MR) is 45.2 cm³/mol. The van der Waals surface area contributed by atoms with Gasteiger partial charge in [0.1, 0.15) is 0 Å². The smallest absolute Gasteiger partial charge is 0.0785 e. The summed E-state index contributed by atoms with van der Waals surface area (Å²) in [5, 5.41) is 0. The summed E-state index contributed by atoms with van der Waals surface area (Å²) >= 11 is 3.33. The summed E-state index contributed by atoms with van der Waals surface area (Å²) in [7, 11) is 0. The molecule has 3 heteroatoms. The van der Waals surface area contributed by atoms with Gasteiger partial charge in [-0.05, 0) is 40.3 Å². The molecule has 1 rings (SSSR count). The first-order chi connectivity index (χ1) is 4.84. The third kappa shape index (κ3) is 1.57. The molecule has 0 atom stereocenters. The van der Waals surface area contributed by atoms with Crippen molar-refractivity contribution in [3.63, 3.8) is 0 Å². The Bertz CT molecular complexity index is 245. The van der Waals surface area contributed by atoms with Crippen LogP contribution >= 0.6 is 15.9 Å². The van der Waals surface area contributed by atoms with Crippen molar-refractivity contribution >= 4 is 22.0 Å². The number of halogens is 1. The summed E-state index contributed by atoms with van der Waals surface area (Å²) in [6.45, 7) is 0. The molecule has 52 valence electrons. The van der Waals surface area contributed by atoms with Crippen LogP contribution in [0.15, 0.2) is 29.0 Å². The summed E-state index contributed by atoms with van der Waals surface area (Å²) in [6.07, 6.45) is 4.93. The first-order valence-electron chi connectivity index (χ1n) is 2.83. The minimum absolute atomic E-state index is 0.852. The topological polar surface area (TPSA) is 38.9 Å². The maximum absolute atomic E-state index is 5.19. The molecule has 0 fully saturated rings. The minimum Gasteiger partial charge on any atom is -0.405 e. The van der Waals surface area contributed by atoms with Crippen molar-refractivity contribution in [1.82, 2.24) is 4.98 Å². The average molecular weight is 199 g/mol. The van der Waals surface area contributed by atoms with Crippen LogP contribution in [0.4, 0.5) is 0 Å². The van der Waals surface area contributed by atoms with E-state index in [9.17, 15) is 0 Å². The van der Waals surface area contributed by atoms with Gasteiger partial charge in [0, 0.05) is 10.7 Å². The molecule has 1 heterocycles. The second kappa shape index (κ2) is 3.37. The zero-order valence-corrected chi connectivity index (χ0v) is 6.88. The van der Waals surface area contributed by atoms with E-state index in [1.165, 1.54) is 6.20 Å². The van der Waals surface area contributed by atoms with Crippen molar-refractivity contribution in [2.75, 3.05) is 0 Å². The van der Waals surface area contributed by atoms with Gasteiger partial charge in [-0.3, -0.25) is 4.98 Å². The van der Waals surface area contributed by atoms with Crippen LogP contribution in [-0.4, -0.2) is 4.98 Å². The lowest BCUT2D eigenvalue weighted by molar-refractivity contribution is 1.27. The number of aromatic nitrogens is 1. The molecule has 0 unspecified atom stereocenters. The number of rotatable bonds is 1. The number of pyridine rings is 1. The van der Waals surface area contributed by atoms with Gasteiger partial charge < -0.3 is 5.73 Å². The standard InChI is InChI=1S/C7H7BrN2/c8-6-2-1-5-10-7(6)3-4-9/h1-5H,9H2. The molecule has 0 radical (unpaired) electrons. The molecule has 0 aliphatic heterocycles. The van der Waals surface area contributed by atoms with Crippen molar-refractivity contribution in [1.29, 1.82) is 0 Å². The Labute approximate surface area is 67.9 Å². The van der Waals surface area contributed by atoms with Crippen molar-refractivity contribution in [2.24, 2.45) is 5.73 Å². The zero-order chi connectivity index (χ0) is 7.40. The minimum atomic E-state index is 0.852. The van der Waals surface area contributed by atoms with Crippen molar-refractivity contribution in [3.05, 3.63) is 34.7 Å². The SMILES string of the molecule is NC=Cc1ncccc1Br. The highest BCUT2D eigenvalue weighted by Crippen LogP contribution is 2.13. The van der Waals surface area contributed by atoms with E-state index in [4.69, 9.17) is 5.73 Å². The molecule has 1 aromatic rings. The highest BCUT2D eigenvalue weighted by Gasteiger charge is 1.91. The lowest BCUT2D eigenvalue weighted by Crippen LogP contribution is -1.82. The van der Waals surface area contributed by atoms with E-state index in [2.05, 4.69) is 20.9 Å². The molecule has 0 saturated carbocycles. The van der Waals surface area contributed by atoms with Crippen LogP contribution in [0, 0.1) is 0 Å². The molecule has 0 aromatic carbocycles. The van der Waals surface area contributed by atoms with Gasteiger partial charge in [-0.15, -0.1) is 0 Å². The summed E-state index contributed by atoms with van der Waals surface area (Å²) in [5.74, 6) is 0. The Morgan fingerprint density at radius 3 is 3.00 bits per heavy atom. The van der Waals surface area contributed by atoms with Crippen LogP contribution in [-0.2, 0) is 0 Å². The first kappa shape index (κ1) is 7.28. The lowest BCUT2D eigenvalue weighted by atomic mass is 10.3. The van der Waals surface area contributed by atoms with Crippen LogP contribution in [0.3, 0.4) is 0 Å². The van der Waals surface area contributed by atoms with E-state index in [-0.39, 0.29) is 0 Å². The molecular weight excluding hydrogens is 192 g/mol. The molecule has 0 saturated heterocycles. The van der Waals surface area contributed by atoms with E-state index in [1.54, 1.807) is 12.3 Å². The van der Waals surface area contributed by atoms with E-state index in [1.807, 2.05) is 12.1 Å². The van der Waals surface area contributed by atoms with Crippen LogP contribution in [0.2, 0.25) is 0 Å². The van der Waals surface area contributed by atoms with E-state index in [0.29, 0.717) is 0 Å². The van der Waals surface area contributed by atoms with Crippen LogP contribution in [0.25, 0.3) is 6.08 Å². The molecule has 0 bridgehead atoms. The number of hydrogen-bond acceptors (Lipinski definition) is 2. The molecule has 10 heavy (non-hydrogen) atoms. The number of nitrogens with zero attached hydrogens (tertiary/aromatic N) is 1. The Balaban J connectivity index is 3.03. The van der Waals surface area contributed by atoms with Gasteiger partial charge in [0.05, 0.1) is 5.69 Å². The largest absolute Gasteiger partial charge is 0.405 e. The Morgan fingerprint density at radius 2 is 2.40 bits per heavy atom. The maximum Gasteiger partial charge on any atom is 0.0785 e. The monoisotopic (exact) mass is 198 g/mol. The van der Waals surface area contributed by atoms with E-state index < -0.39 is 0 Å². The average Bonchev–Trinajstić information content (AvgIpc) is 1.94.